The molecule has 1 N–H and O–H groups in total. The quantitative estimate of drug-likeness (QED) is 0.733. The fourth-order valence-corrected chi connectivity index (χ4v) is 3.49. The van der Waals surface area contributed by atoms with Crippen LogP contribution in [0, 0.1) is 0 Å². The third-order valence-corrected chi connectivity index (χ3v) is 4.87. The van der Waals surface area contributed by atoms with Crippen LogP contribution in [0.1, 0.15) is 12.5 Å². The number of H-pyrrole nitrogens is 1. The zero-order valence-corrected chi connectivity index (χ0v) is 14.2. The van der Waals surface area contributed by atoms with Crippen LogP contribution in [-0.2, 0) is 19.3 Å². The molecule has 0 amide bonds. The van der Waals surface area contributed by atoms with Gasteiger partial charge in [-0.15, -0.1) is 0 Å². The van der Waals surface area contributed by atoms with E-state index in [1.165, 1.54) is 16.3 Å². The number of imidazole rings is 1. The highest BCUT2D eigenvalue weighted by molar-refractivity contribution is 7.98. The molecule has 0 bridgehead atoms. The highest BCUT2D eigenvalue weighted by Gasteiger charge is 2.16. The molecule has 3 aromatic rings. The molecule has 0 spiro atoms. The summed E-state index contributed by atoms with van der Waals surface area (Å²) in [6, 6.07) is 7.59. The van der Waals surface area contributed by atoms with Gasteiger partial charge in [0.05, 0.1) is 0 Å². The molecule has 0 unspecified atom stereocenters. The summed E-state index contributed by atoms with van der Waals surface area (Å²) in [4.78, 5) is 30.6. The summed E-state index contributed by atoms with van der Waals surface area (Å²) in [5, 5.41) is 1.41. The second-order valence-electron chi connectivity index (χ2n) is 5.04. The van der Waals surface area contributed by atoms with Crippen molar-refractivity contribution in [1.82, 2.24) is 19.1 Å². The lowest BCUT2D eigenvalue weighted by Gasteiger charge is -2.05. The van der Waals surface area contributed by atoms with E-state index in [-0.39, 0.29) is 0 Å². The lowest BCUT2D eigenvalue weighted by Crippen LogP contribution is -2.29. The van der Waals surface area contributed by atoms with Crippen molar-refractivity contribution in [3.63, 3.8) is 0 Å². The monoisotopic (exact) mass is 350 g/mol. The first-order chi connectivity index (χ1) is 11.0. The molecule has 0 atom stereocenters. The third-order valence-electron chi connectivity index (χ3n) is 3.57. The Labute approximate surface area is 141 Å². The maximum atomic E-state index is 12.1. The zero-order chi connectivity index (χ0) is 16.6. The lowest BCUT2D eigenvalue weighted by molar-refractivity contribution is 0.700. The first kappa shape index (κ1) is 15.9. The Balaban J connectivity index is 2.02. The average molecular weight is 351 g/mol. The number of nitrogens with zero attached hydrogens (tertiary/aromatic N) is 3. The number of hydrogen-bond donors (Lipinski definition) is 1. The van der Waals surface area contributed by atoms with E-state index in [1.807, 2.05) is 35.8 Å². The highest BCUT2D eigenvalue weighted by atomic mass is 35.5. The van der Waals surface area contributed by atoms with Crippen molar-refractivity contribution in [1.29, 1.82) is 0 Å². The summed E-state index contributed by atoms with van der Waals surface area (Å²) in [5.41, 5.74) is 1.07. The molecule has 3 rings (SSSR count). The number of halogens is 1. The molecule has 0 saturated heterocycles. The number of fused-ring (bicyclic) bond motifs is 1. The van der Waals surface area contributed by atoms with Crippen LogP contribution in [0.2, 0.25) is 5.02 Å². The van der Waals surface area contributed by atoms with Crippen LogP contribution in [-0.4, -0.2) is 19.1 Å². The number of aromatic amines is 1. The number of benzene rings is 1. The maximum Gasteiger partial charge on any atom is 0.329 e. The van der Waals surface area contributed by atoms with E-state index in [4.69, 9.17) is 11.6 Å². The van der Waals surface area contributed by atoms with E-state index in [1.54, 1.807) is 7.05 Å². The standard InChI is InChI=1S/C15H15ClN4O2S/c1-3-20-11-12(19(2)14(22)18-13(11)21)17-15(20)23-8-9-4-6-10(16)7-5-9/h4-7H,3,8H2,1-2H3,(H,18,21,22). The first-order valence-corrected chi connectivity index (χ1v) is 8.44. The molecule has 0 aliphatic heterocycles. The summed E-state index contributed by atoms with van der Waals surface area (Å²) in [6.45, 7) is 2.54. The molecule has 2 heterocycles. The van der Waals surface area contributed by atoms with Gasteiger partial charge in [-0.2, -0.15) is 0 Å². The molecule has 0 fully saturated rings. The smallest absolute Gasteiger partial charge is 0.313 e. The van der Waals surface area contributed by atoms with Crippen molar-refractivity contribution in [2.24, 2.45) is 7.05 Å². The van der Waals surface area contributed by atoms with E-state index in [2.05, 4.69) is 9.97 Å². The van der Waals surface area contributed by atoms with Gasteiger partial charge in [-0.3, -0.25) is 14.3 Å². The summed E-state index contributed by atoms with van der Waals surface area (Å²) in [7, 11) is 1.60. The Kier molecular flexibility index (Phi) is 4.32. The maximum absolute atomic E-state index is 12.1. The van der Waals surface area contributed by atoms with Crippen LogP contribution >= 0.6 is 23.4 Å². The number of aryl methyl sites for hydroxylation is 2. The molecule has 6 nitrogen and oxygen atoms in total. The Hall–Kier alpha value is -1.99. The van der Waals surface area contributed by atoms with Crippen LogP contribution in [0.25, 0.3) is 11.2 Å². The minimum atomic E-state index is -0.461. The Morgan fingerprint density at radius 2 is 1.96 bits per heavy atom. The van der Waals surface area contributed by atoms with Crippen molar-refractivity contribution < 1.29 is 0 Å². The SMILES string of the molecule is CCn1c(SCc2ccc(Cl)cc2)nc2c1c(=O)[nH]c(=O)n2C. The number of rotatable bonds is 4. The van der Waals surface area contributed by atoms with E-state index < -0.39 is 11.2 Å². The van der Waals surface area contributed by atoms with Crippen LogP contribution in [0.15, 0.2) is 39.0 Å². The van der Waals surface area contributed by atoms with Crippen LogP contribution < -0.4 is 11.2 Å². The highest BCUT2D eigenvalue weighted by Crippen LogP contribution is 2.25. The Morgan fingerprint density at radius 3 is 2.61 bits per heavy atom. The van der Waals surface area contributed by atoms with Crippen molar-refractivity contribution >= 4 is 34.5 Å². The minimum Gasteiger partial charge on any atom is -0.313 e. The van der Waals surface area contributed by atoms with Gasteiger partial charge in [-0.1, -0.05) is 35.5 Å². The van der Waals surface area contributed by atoms with Gasteiger partial charge in [0.2, 0.25) is 0 Å². The second kappa shape index (κ2) is 6.25. The topological polar surface area (TPSA) is 72.7 Å². The predicted molar refractivity (Wildman–Crippen MR) is 92.3 cm³/mol. The van der Waals surface area contributed by atoms with Crippen LogP contribution in [0.3, 0.4) is 0 Å². The molecule has 2 aromatic heterocycles. The van der Waals surface area contributed by atoms with Gasteiger partial charge < -0.3 is 4.57 Å². The number of aromatic nitrogens is 4. The molecule has 120 valence electrons. The van der Waals surface area contributed by atoms with Gasteiger partial charge in [0.15, 0.2) is 16.3 Å². The molecule has 0 radical (unpaired) electrons. The summed E-state index contributed by atoms with van der Waals surface area (Å²) < 4.78 is 3.18. The van der Waals surface area contributed by atoms with Crippen molar-refractivity contribution in [3.05, 3.63) is 55.7 Å². The molecule has 8 heteroatoms. The fourth-order valence-electron chi connectivity index (χ4n) is 2.35. The van der Waals surface area contributed by atoms with Crippen molar-refractivity contribution in [2.75, 3.05) is 0 Å². The van der Waals surface area contributed by atoms with Crippen LogP contribution in [0.5, 0.6) is 0 Å². The molecular weight excluding hydrogens is 336 g/mol. The number of nitrogens with one attached hydrogen (secondary N) is 1. The van der Waals surface area contributed by atoms with Gasteiger partial charge in [0.25, 0.3) is 5.56 Å². The van der Waals surface area contributed by atoms with E-state index in [0.717, 1.165) is 5.56 Å². The molecule has 1 aromatic carbocycles. The molecule has 23 heavy (non-hydrogen) atoms. The predicted octanol–water partition coefficient (Wildman–Crippen LogP) is 2.39. The normalized spacial score (nSPS) is 11.3. The number of hydrogen-bond acceptors (Lipinski definition) is 4. The fraction of sp³-hybridized carbons (Fsp3) is 0.267. The average Bonchev–Trinajstić information content (AvgIpc) is 2.91. The summed E-state index contributed by atoms with van der Waals surface area (Å²) in [6.07, 6.45) is 0. The van der Waals surface area contributed by atoms with Gasteiger partial charge in [-0.25, -0.2) is 9.78 Å². The lowest BCUT2D eigenvalue weighted by atomic mass is 10.2. The molecule has 0 saturated carbocycles. The zero-order valence-electron chi connectivity index (χ0n) is 12.7. The van der Waals surface area contributed by atoms with E-state index in [0.29, 0.717) is 33.6 Å². The van der Waals surface area contributed by atoms with Crippen LogP contribution in [0.4, 0.5) is 0 Å². The van der Waals surface area contributed by atoms with Crippen molar-refractivity contribution in [3.8, 4) is 0 Å². The van der Waals surface area contributed by atoms with Crippen molar-refractivity contribution in [2.45, 2.75) is 24.4 Å². The van der Waals surface area contributed by atoms with Gasteiger partial charge >= 0.3 is 5.69 Å². The molecule has 0 aliphatic carbocycles. The number of thioether (sulfide) groups is 1. The van der Waals surface area contributed by atoms with Gasteiger partial charge in [0.1, 0.15) is 0 Å². The van der Waals surface area contributed by atoms with Gasteiger partial charge in [-0.05, 0) is 24.6 Å². The molecular formula is C15H15ClN4O2S. The third kappa shape index (κ3) is 2.94. The Morgan fingerprint density at radius 1 is 1.26 bits per heavy atom. The minimum absolute atomic E-state index is 0.402. The van der Waals surface area contributed by atoms with E-state index >= 15 is 0 Å². The molecule has 0 aliphatic rings. The largest absolute Gasteiger partial charge is 0.329 e. The second-order valence-corrected chi connectivity index (χ2v) is 6.42. The first-order valence-electron chi connectivity index (χ1n) is 7.08. The summed E-state index contributed by atoms with van der Waals surface area (Å²) >= 11 is 7.41. The Bertz CT molecular complexity index is 972. The summed E-state index contributed by atoms with van der Waals surface area (Å²) in [5.74, 6) is 0.701. The van der Waals surface area contributed by atoms with Gasteiger partial charge in [0, 0.05) is 24.4 Å². The van der Waals surface area contributed by atoms with E-state index in [9.17, 15) is 9.59 Å².